The van der Waals surface area contributed by atoms with Gasteiger partial charge in [0.25, 0.3) is 0 Å². The van der Waals surface area contributed by atoms with Gasteiger partial charge in [-0.15, -0.1) is 12.6 Å². The van der Waals surface area contributed by atoms with Crippen LogP contribution in [0.15, 0.2) is 0 Å². The van der Waals surface area contributed by atoms with Crippen LogP contribution in [0.4, 0.5) is 0 Å². The monoisotopic (exact) mass is 175 g/mol. The summed E-state index contributed by atoms with van der Waals surface area (Å²) in [4.78, 5) is 11.1. The average molecular weight is 175 g/mol. The van der Waals surface area contributed by atoms with Crippen LogP contribution in [0.5, 0.6) is 0 Å². The molecule has 0 saturated heterocycles. The Kier molecular flexibility index (Phi) is 3.15. The third kappa shape index (κ3) is 1.97. The summed E-state index contributed by atoms with van der Waals surface area (Å²) in [5.41, 5.74) is -0.656. The summed E-state index contributed by atoms with van der Waals surface area (Å²) in [6.45, 7) is 7.90. The van der Waals surface area contributed by atoms with Crippen molar-refractivity contribution in [2.75, 3.05) is 7.05 Å². The van der Waals surface area contributed by atoms with Crippen molar-refractivity contribution < 1.29 is 4.79 Å². The van der Waals surface area contributed by atoms with Crippen LogP contribution < -0.4 is 5.32 Å². The lowest BCUT2D eigenvalue weighted by Crippen LogP contribution is -2.55. The van der Waals surface area contributed by atoms with Crippen molar-refractivity contribution in [3.05, 3.63) is 0 Å². The molecule has 3 heteroatoms. The van der Waals surface area contributed by atoms with E-state index in [2.05, 4.69) is 17.9 Å². The number of nitrogens with one attached hydrogen (secondary N) is 1. The molecule has 11 heavy (non-hydrogen) atoms. The maximum atomic E-state index is 11.1. The zero-order valence-corrected chi connectivity index (χ0v) is 8.75. The second kappa shape index (κ2) is 3.15. The van der Waals surface area contributed by atoms with Crippen molar-refractivity contribution in [3.63, 3.8) is 0 Å². The van der Waals surface area contributed by atoms with Crippen LogP contribution in [-0.2, 0) is 4.79 Å². The van der Waals surface area contributed by atoms with Gasteiger partial charge < -0.3 is 5.32 Å². The minimum atomic E-state index is -0.546. The van der Waals surface area contributed by atoms with Crippen LogP contribution in [0.3, 0.4) is 0 Å². The van der Waals surface area contributed by atoms with E-state index in [0.717, 1.165) is 0 Å². The minimum Gasteiger partial charge on any atom is -0.307 e. The fraction of sp³-hybridized carbons (Fsp3) is 0.875. The highest BCUT2D eigenvalue weighted by molar-refractivity contribution is 7.96. The zero-order chi connectivity index (χ0) is 9.28. The van der Waals surface area contributed by atoms with Crippen LogP contribution in [0.25, 0.3) is 0 Å². The van der Waals surface area contributed by atoms with Crippen LogP contribution in [-0.4, -0.2) is 17.7 Å². The molecule has 0 fully saturated rings. The Morgan fingerprint density at radius 2 is 1.64 bits per heavy atom. The summed E-state index contributed by atoms with van der Waals surface area (Å²) in [6, 6.07) is 0. The van der Waals surface area contributed by atoms with E-state index in [4.69, 9.17) is 0 Å². The van der Waals surface area contributed by atoms with E-state index in [9.17, 15) is 4.79 Å². The van der Waals surface area contributed by atoms with Gasteiger partial charge in [-0.2, -0.15) is 0 Å². The Hall–Kier alpha value is -0.0200. The quantitative estimate of drug-likeness (QED) is 0.622. The first-order valence-corrected chi connectivity index (χ1v) is 4.12. The summed E-state index contributed by atoms with van der Waals surface area (Å²) in [6.07, 6.45) is 0. The Balaban J connectivity index is 4.75. The maximum Gasteiger partial charge on any atom is 0.206 e. The molecule has 0 rings (SSSR count). The summed E-state index contributed by atoms with van der Waals surface area (Å²) in [5, 5.41) is 2.87. The standard InChI is InChI=1S/C8H17NOS/c1-7(2,3)8(4,9-5)6(10)11/h9H,1-5H3,(H,10,11). The molecule has 2 nitrogen and oxygen atoms in total. The molecule has 1 unspecified atom stereocenters. The number of likely N-dealkylation sites (N-methyl/N-ethyl adjacent to an activating group) is 1. The van der Waals surface area contributed by atoms with Crippen molar-refractivity contribution in [2.45, 2.75) is 33.2 Å². The first kappa shape index (κ1) is 11.0. The van der Waals surface area contributed by atoms with Gasteiger partial charge in [0.15, 0.2) is 0 Å². The molecule has 0 aromatic rings. The number of rotatable bonds is 2. The molecule has 0 amide bonds. The van der Waals surface area contributed by atoms with Gasteiger partial charge >= 0.3 is 0 Å². The second-order valence-electron chi connectivity index (χ2n) is 3.93. The Labute approximate surface area is 74.2 Å². The molecule has 1 atom stereocenters. The fourth-order valence-corrected chi connectivity index (χ4v) is 1.25. The van der Waals surface area contributed by atoms with Gasteiger partial charge in [0.05, 0.1) is 5.54 Å². The lowest BCUT2D eigenvalue weighted by atomic mass is 9.76. The molecule has 0 spiro atoms. The first-order chi connectivity index (χ1) is 4.75. The maximum absolute atomic E-state index is 11.1. The predicted molar refractivity (Wildman–Crippen MR) is 50.9 cm³/mol. The van der Waals surface area contributed by atoms with Gasteiger partial charge in [-0.25, -0.2) is 0 Å². The van der Waals surface area contributed by atoms with Crippen molar-refractivity contribution >= 4 is 17.7 Å². The summed E-state index contributed by atoms with van der Waals surface area (Å²) in [5.74, 6) is 0. The highest BCUT2D eigenvalue weighted by Gasteiger charge is 2.40. The molecule has 0 aliphatic rings. The number of hydrogen-bond acceptors (Lipinski definition) is 2. The normalized spacial score (nSPS) is 17.6. The molecule has 0 aromatic carbocycles. The molecule has 66 valence electrons. The number of thiol groups is 1. The topological polar surface area (TPSA) is 29.1 Å². The molecule has 0 aliphatic carbocycles. The van der Waals surface area contributed by atoms with Gasteiger partial charge in [0.2, 0.25) is 5.12 Å². The van der Waals surface area contributed by atoms with E-state index in [1.165, 1.54) is 0 Å². The molecule has 0 aliphatic heterocycles. The summed E-state index contributed by atoms with van der Waals surface area (Å²) >= 11 is 3.85. The lowest BCUT2D eigenvalue weighted by Gasteiger charge is -2.38. The largest absolute Gasteiger partial charge is 0.307 e. The third-order valence-electron chi connectivity index (χ3n) is 2.43. The molecule has 0 saturated carbocycles. The summed E-state index contributed by atoms with van der Waals surface area (Å²) < 4.78 is 0. The van der Waals surface area contributed by atoms with Crippen molar-refractivity contribution in [1.29, 1.82) is 0 Å². The molecule has 0 heterocycles. The molecular weight excluding hydrogens is 158 g/mol. The molecule has 0 aromatic heterocycles. The Bertz CT molecular complexity index is 162. The van der Waals surface area contributed by atoms with E-state index in [-0.39, 0.29) is 10.5 Å². The lowest BCUT2D eigenvalue weighted by molar-refractivity contribution is -0.119. The SMILES string of the molecule is CNC(C)(C(=O)S)C(C)(C)C. The highest BCUT2D eigenvalue weighted by atomic mass is 32.1. The Morgan fingerprint density at radius 1 is 1.27 bits per heavy atom. The zero-order valence-electron chi connectivity index (χ0n) is 7.86. The Morgan fingerprint density at radius 3 is 1.64 bits per heavy atom. The van der Waals surface area contributed by atoms with Crippen LogP contribution in [0, 0.1) is 5.41 Å². The predicted octanol–water partition coefficient (Wildman–Crippen LogP) is 1.47. The van der Waals surface area contributed by atoms with Gasteiger partial charge in [-0.3, -0.25) is 4.79 Å². The average Bonchev–Trinajstić information content (AvgIpc) is 1.83. The third-order valence-corrected chi connectivity index (χ3v) is 2.87. The van der Waals surface area contributed by atoms with Crippen molar-refractivity contribution in [2.24, 2.45) is 5.41 Å². The van der Waals surface area contributed by atoms with Crippen molar-refractivity contribution in [3.8, 4) is 0 Å². The van der Waals surface area contributed by atoms with Gasteiger partial charge in [0.1, 0.15) is 0 Å². The number of carbonyl (C=O) groups excluding carboxylic acids is 1. The van der Waals surface area contributed by atoms with Crippen LogP contribution >= 0.6 is 12.6 Å². The van der Waals surface area contributed by atoms with Crippen molar-refractivity contribution in [1.82, 2.24) is 5.32 Å². The van der Waals surface area contributed by atoms with Gasteiger partial charge in [-0.05, 0) is 19.4 Å². The highest BCUT2D eigenvalue weighted by Crippen LogP contribution is 2.31. The van der Waals surface area contributed by atoms with Crippen LogP contribution in [0.2, 0.25) is 0 Å². The smallest absolute Gasteiger partial charge is 0.206 e. The van der Waals surface area contributed by atoms with E-state index < -0.39 is 5.54 Å². The first-order valence-electron chi connectivity index (χ1n) is 3.68. The number of hydrogen-bond donors (Lipinski definition) is 2. The fourth-order valence-electron chi connectivity index (χ4n) is 0.803. The molecule has 0 bridgehead atoms. The number of carbonyl (C=O) groups is 1. The molecule has 0 radical (unpaired) electrons. The van der Waals surface area contributed by atoms with E-state index >= 15 is 0 Å². The van der Waals surface area contributed by atoms with E-state index in [0.29, 0.717) is 0 Å². The minimum absolute atomic E-state index is 0.111. The van der Waals surface area contributed by atoms with Gasteiger partial charge in [0, 0.05) is 0 Å². The van der Waals surface area contributed by atoms with Crippen LogP contribution in [0.1, 0.15) is 27.7 Å². The summed E-state index contributed by atoms with van der Waals surface area (Å²) in [7, 11) is 1.78. The van der Waals surface area contributed by atoms with E-state index in [1.54, 1.807) is 7.05 Å². The van der Waals surface area contributed by atoms with Gasteiger partial charge in [-0.1, -0.05) is 20.8 Å². The van der Waals surface area contributed by atoms with E-state index in [1.807, 2.05) is 27.7 Å². The second-order valence-corrected chi connectivity index (χ2v) is 4.34. The molecule has 1 N–H and O–H groups in total. The molecular formula is C8H17NOS.